The van der Waals surface area contributed by atoms with E-state index in [2.05, 4.69) is 21.5 Å². The molecule has 22 heavy (non-hydrogen) atoms. The van der Waals surface area contributed by atoms with E-state index in [-0.39, 0.29) is 5.69 Å². The fraction of sp³-hybridized carbons (Fsp3) is 0.200. The van der Waals surface area contributed by atoms with Crippen molar-refractivity contribution < 1.29 is 4.52 Å². The summed E-state index contributed by atoms with van der Waals surface area (Å²) >= 11 is 5.92. The van der Waals surface area contributed by atoms with Gasteiger partial charge in [0.15, 0.2) is 5.69 Å². The fourth-order valence-electron chi connectivity index (χ4n) is 2.27. The standard InChI is InChI=1S/C15H12ClN5O/c1-9-13(10(2)22-19-9)8-21-15(14(7-17)18-20-21)11-3-5-12(16)6-4-11/h3-6H,8H2,1-2H3. The molecule has 0 aliphatic rings. The summed E-state index contributed by atoms with van der Waals surface area (Å²) in [5.41, 5.74) is 3.49. The smallest absolute Gasteiger partial charge is 0.190 e. The summed E-state index contributed by atoms with van der Waals surface area (Å²) in [4.78, 5) is 0. The molecule has 0 atom stereocenters. The predicted octanol–water partition coefficient (Wildman–Crippen LogP) is 3.12. The van der Waals surface area contributed by atoms with E-state index in [4.69, 9.17) is 16.1 Å². The Labute approximate surface area is 131 Å². The molecular formula is C15H12ClN5O. The Morgan fingerprint density at radius 3 is 2.59 bits per heavy atom. The van der Waals surface area contributed by atoms with E-state index in [9.17, 15) is 5.26 Å². The molecule has 2 aromatic heterocycles. The van der Waals surface area contributed by atoms with Gasteiger partial charge < -0.3 is 4.52 Å². The third kappa shape index (κ3) is 2.47. The van der Waals surface area contributed by atoms with Gasteiger partial charge in [0.1, 0.15) is 17.5 Å². The van der Waals surface area contributed by atoms with Crippen molar-refractivity contribution in [3.63, 3.8) is 0 Å². The minimum Gasteiger partial charge on any atom is -0.361 e. The maximum absolute atomic E-state index is 9.26. The predicted molar refractivity (Wildman–Crippen MR) is 80.3 cm³/mol. The number of halogens is 1. The van der Waals surface area contributed by atoms with Gasteiger partial charge in [0.2, 0.25) is 0 Å². The number of nitrogens with zero attached hydrogens (tertiary/aromatic N) is 5. The zero-order valence-corrected chi connectivity index (χ0v) is 12.8. The second-order valence-electron chi connectivity index (χ2n) is 4.87. The molecule has 1 aromatic carbocycles. The molecule has 0 bridgehead atoms. The third-order valence-electron chi connectivity index (χ3n) is 3.45. The molecule has 0 saturated heterocycles. The van der Waals surface area contributed by atoms with E-state index in [0.29, 0.717) is 17.3 Å². The number of benzene rings is 1. The summed E-state index contributed by atoms with van der Waals surface area (Å²) in [6.45, 7) is 4.16. The van der Waals surface area contributed by atoms with Crippen LogP contribution in [0.5, 0.6) is 0 Å². The van der Waals surface area contributed by atoms with E-state index in [1.807, 2.05) is 26.0 Å². The average Bonchev–Trinajstić information content (AvgIpc) is 3.06. The molecule has 3 aromatic rings. The van der Waals surface area contributed by atoms with Crippen LogP contribution in [0.4, 0.5) is 0 Å². The minimum absolute atomic E-state index is 0.272. The van der Waals surface area contributed by atoms with Gasteiger partial charge in [-0.25, -0.2) is 4.68 Å². The molecule has 0 fully saturated rings. The van der Waals surface area contributed by atoms with Gasteiger partial charge in [0, 0.05) is 16.1 Å². The van der Waals surface area contributed by atoms with E-state index in [0.717, 1.165) is 22.6 Å². The molecule has 6 nitrogen and oxygen atoms in total. The molecule has 0 saturated carbocycles. The number of hydrogen-bond donors (Lipinski definition) is 0. The zero-order valence-electron chi connectivity index (χ0n) is 12.0. The van der Waals surface area contributed by atoms with Gasteiger partial charge in [0.25, 0.3) is 0 Å². The Morgan fingerprint density at radius 1 is 1.27 bits per heavy atom. The largest absolute Gasteiger partial charge is 0.361 e. The van der Waals surface area contributed by atoms with Gasteiger partial charge in [-0.1, -0.05) is 34.1 Å². The van der Waals surface area contributed by atoms with Gasteiger partial charge >= 0.3 is 0 Å². The highest BCUT2D eigenvalue weighted by Gasteiger charge is 2.18. The maximum Gasteiger partial charge on any atom is 0.190 e. The lowest BCUT2D eigenvalue weighted by molar-refractivity contribution is 0.391. The summed E-state index contributed by atoms with van der Waals surface area (Å²) in [6, 6.07) is 9.29. The maximum atomic E-state index is 9.26. The first-order valence-corrected chi connectivity index (χ1v) is 6.99. The Balaban J connectivity index is 2.08. The molecule has 2 heterocycles. The van der Waals surface area contributed by atoms with Crippen LogP contribution in [0.1, 0.15) is 22.7 Å². The normalized spacial score (nSPS) is 10.6. The first-order chi connectivity index (χ1) is 10.6. The highest BCUT2D eigenvalue weighted by Crippen LogP contribution is 2.25. The second-order valence-corrected chi connectivity index (χ2v) is 5.30. The van der Waals surface area contributed by atoms with Crippen LogP contribution in [0, 0.1) is 25.2 Å². The lowest BCUT2D eigenvalue weighted by Gasteiger charge is -2.06. The van der Waals surface area contributed by atoms with Crippen molar-refractivity contribution in [2.45, 2.75) is 20.4 Å². The van der Waals surface area contributed by atoms with Crippen LogP contribution in [0.15, 0.2) is 28.8 Å². The number of aryl methyl sites for hydroxylation is 2. The fourth-order valence-corrected chi connectivity index (χ4v) is 2.40. The molecular weight excluding hydrogens is 302 g/mol. The molecule has 0 unspecified atom stereocenters. The van der Waals surface area contributed by atoms with Gasteiger partial charge in [-0.2, -0.15) is 5.26 Å². The molecule has 0 aliphatic heterocycles. The lowest BCUT2D eigenvalue weighted by Crippen LogP contribution is -2.06. The van der Waals surface area contributed by atoms with Crippen molar-refractivity contribution in [2.24, 2.45) is 0 Å². The van der Waals surface area contributed by atoms with E-state index >= 15 is 0 Å². The molecule has 110 valence electrons. The lowest BCUT2D eigenvalue weighted by atomic mass is 10.1. The Hall–Kier alpha value is -2.65. The monoisotopic (exact) mass is 313 g/mol. The van der Waals surface area contributed by atoms with Gasteiger partial charge in [-0.15, -0.1) is 5.10 Å². The van der Waals surface area contributed by atoms with E-state index in [1.165, 1.54) is 0 Å². The van der Waals surface area contributed by atoms with Crippen molar-refractivity contribution in [3.05, 3.63) is 52.0 Å². The van der Waals surface area contributed by atoms with Crippen molar-refractivity contribution in [1.82, 2.24) is 20.2 Å². The molecule has 0 spiro atoms. The zero-order chi connectivity index (χ0) is 15.7. The average molecular weight is 314 g/mol. The highest BCUT2D eigenvalue weighted by molar-refractivity contribution is 6.30. The van der Waals surface area contributed by atoms with E-state index < -0.39 is 0 Å². The molecule has 0 N–H and O–H groups in total. The first-order valence-electron chi connectivity index (χ1n) is 6.61. The van der Waals surface area contributed by atoms with Crippen LogP contribution in [0.3, 0.4) is 0 Å². The van der Waals surface area contributed by atoms with E-state index in [1.54, 1.807) is 16.8 Å². The molecule has 0 radical (unpaired) electrons. The summed E-state index contributed by atoms with van der Waals surface area (Å²) in [7, 11) is 0. The molecule has 3 rings (SSSR count). The van der Waals surface area contributed by atoms with Crippen molar-refractivity contribution in [2.75, 3.05) is 0 Å². The molecule has 0 amide bonds. The van der Waals surface area contributed by atoms with Gasteiger partial charge in [-0.3, -0.25) is 0 Å². The van der Waals surface area contributed by atoms with Crippen molar-refractivity contribution >= 4 is 11.6 Å². The SMILES string of the molecule is Cc1noc(C)c1Cn1nnc(C#N)c1-c1ccc(Cl)cc1. The van der Waals surface area contributed by atoms with Crippen LogP contribution in [0.25, 0.3) is 11.3 Å². The number of aromatic nitrogens is 4. The second kappa shape index (κ2) is 5.62. The van der Waals surface area contributed by atoms with Gasteiger partial charge in [0.05, 0.1) is 12.2 Å². The summed E-state index contributed by atoms with van der Waals surface area (Å²) in [6.07, 6.45) is 0. The van der Waals surface area contributed by atoms with Crippen LogP contribution in [-0.2, 0) is 6.54 Å². The Kier molecular flexibility index (Phi) is 3.65. The number of hydrogen-bond acceptors (Lipinski definition) is 5. The summed E-state index contributed by atoms with van der Waals surface area (Å²) in [5, 5.41) is 21.9. The molecule has 7 heteroatoms. The topological polar surface area (TPSA) is 80.5 Å². The van der Waals surface area contributed by atoms with Crippen LogP contribution < -0.4 is 0 Å². The van der Waals surface area contributed by atoms with Crippen LogP contribution in [-0.4, -0.2) is 20.2 Å². The quantitative estimate of drug-likeness (QED) is 0.742. The van der Waals surface area contributed by atoms with Crippen LogP contribution in [0.2, 0.25) is 5.02 Å². The minimum atomic E-state index is 0.272. The van der Waals surface area contributed by atoms with Gasteiger partial charge in [-0.05, 0) is 26.0 Å². The highest BCUT2D eigenvalue weighted by atomic mass is 35.5. The summed E-state index contributed by atoms with van der Waals surface area (Å²) in [5.74, 6) is 0.730. The van der Waals surface area contributed by atoms with Crippen molar-refractivity contribution in [3.8, 4) is 17.3 Å². The first kappa shape index (κ1) is 14.3. The van der Waals surface area contributed by atoms with Crippen LogP contribution >= 0.6 is 11.6 Å². The van der Waals surface area contributed by atoms with Crippen molar-refractivity contribution in [1.29, 1.82) is 5.26 Å². The third-order valence-corrected chi connectivity index (χ3v) is 3.70. The summed E-state index contributed by atoms with van der Waals surface area (Å²) < 4.78 is 6.84. The Morgan fingerprint density at radius 2 is 2.00 bits per heavy atom. The number of nitriles is 1. The number of rotatable bonds is 3. The molecule has 0 aliphatic carbocycles. The Bertz CT molecular complexity index is 838.